The lowest BCUT2D eigenvalue weighted by molar-refractivity contribution is -0.162. The van der Waals surface area contributed by atoms with Gasteiger partial charge in [-0.25, -0.2) is 0 Å². The molecule has 4 nitrogen and oxygen atoms in total. The zero-order valence-electron chi connectivity index (χ0n) is 5.87. The molecule has 4 heteroatoms. The number of hydrogen-bond acceptors (Lipinski definition) is 4. The van der Waals surface area contributed by atoms with Crippen molar-refractivity contribution >= 4 is 5.97 Å². The Morgan fingerprint density at radius 2 is 2.60 bits per heavy atom. The first kappa shape index (κ1) is 7.50. The molecule has 1 saturated heterocycles. The van der Waals surface area contributed by atoms with Crippen LogP contribution in [0.1, 0.15) is 13.3 Å². The summed E-state index contributed by atoms with van der Waals surface area (Å²) in [7, 11) is 0. The highest BCUT2D eigenvalue weighted by molar-refractivity contribution is 5.72. The molecule has 0 aromatic rings. The molecule has 0 aromatic heterocycles. The summed E-state index contributed by atoms with van der Waals surface area (Å²) in [5.74, 6) is -0.272. The minimum Gasteiger partial charge on any atom is -0.434 e. The highest BCUT2D eigenvalue weighted by Gasteiger charge is 2.32. The molecular formula is C6H11NO3. The molecule has 0 aromatic carbocycles. The average molecular weight is 145 g/mol. The summed E-state index contributed by atoms with van der Waals surface area (Å²) < 4.78 is 9.75. The molecule has 0 aliphatic carbocycles. The van der Waals surface area contributed by atoms with Crippen molar-refractivity contribution in [2.45, 2.75) is 25.7 Å². The Hall–Kier alpha value is -0.610. The number of ether oxygens (including phenoxy) is 2. The van der Waals surface area contributed by atoms with Crippen LogP contribution in [0, 0.1) is 0 Å². The third-order valence-electron chi connectivity index (χ3n) is 1.33. The fourth-order valence-electron chi connectivity index (χ4n) is 0.876. The molecule has 1 aliphatic heterocycles. The molecule has 0 saturated carbocycles. The third-order valence-corrected chi connectivity index (χ3v) is 1.33. The zero-order valence-corrected chi connectivity index (χ0v) is 5.87. The number of hydrogen-bond donors (Lipinski definition) is 1. The van der Waals surface area contributed by atoms with E-state index in [2.05, 4.69) is 0 Å². The standard InChI is InChI=1S/C6H11NO3/c1-2-9-6-4(7)3-5(8)10-6/h4,6H,2-3,7H2,1H3. The van der Waals surface area contributed by atoms with Gasteiger partial charge >= 0.3 is 5.97 Å². The van der Waals surface area contributed by atoms with E-state index in [4.69, 9.17) is 15.2 Å². The minimum absolute atomic E-state index is 0.269. The summed E-state index contributed by atoms with van der Waals surface area (Å²) in [6.07, 6.45) is -0.248. The SMILES string of the molecule is CCOC1OC(=O)CC1N. The molecule has 2 unspecified atom stereocenters. The lowest BCUT2D eigenvalue weighted by Crippen LogP contribution is -2.32. The van der Waals surface area contributed by atoms with Crippen LogP contribution in [-0.4, -0.2) is 24.9 Å². The predicted octanol–water partition coefficient (Wildman–Crippen LogP) is -0.377. The van der Waals surface area contributed by atoms with Gasteiger partial charge in [-0.15, -0.1) is 0 Å². The highest BCUT2D eigenvalue weighted by Crippen LogP contribution is 2.13. The van der Waals surface area contributed by atoms with Crippen molar-refractivity contribution in [1.82, 2.24) is 0 Å². The molecule has 2 atom stereocenters. The first-order chi connectivity index (χ1) is 4.74. The summed E-state index contributed by atoms with van der Waals surface area (Å²) in [4.78, 5) is 10.6. The largest absolute Gasteiger partial charge is 0.434 e. The van der Waals surface area contributed by atoms with Gasteiger partial charge in [0.05, 0.1) is 12.5 Å². The third kappa shape index (κ3) is 1.46. The highest BCUT2D eigenvalue weighted by atomic mass is 16.7. The van der Waals surface area contributed by atoms with Crippen molar-refractivity contribution in [3.63, 3.8) is 0 Å². The van der Waals surface area contributed by atoms with Crippen LogP contribution in [0.15, 0.2) is 0 Å². The number of rotatable bonds is 2. The van der Waals surface area contributed by atoms with Crippen LogP contribution in [0.2, 0.25) is 0 Å². The molecule has 0 spiro atoms. The fourth-order valence-corrected chi connectivity index (χ4v) is 0.876. The molecule has 58 valence electrons. The Labute approximate surface area is 59.3 Å². The van der Waals surface area contributed by atoms with E-state index in [0.29, 0.717) is 6.61 Å². The molecular weight excluding hydrogens is 134 g/mol. The summed E-state index contributed by atoms with van der Waals surface area (Å²) in [5, 5.41) is 0. The number of carbonyl (C=O) groups is 1. The van der Waals surface area contributed by atoms with Gasteiger partial charge in [-0.05, 0) is 6.92 Å². The molecule has 0 bridgehead atoms. The topological polar surface area (TPSA) is 61.5 Å². The van der Waals surface area contributed by atoms with E-state index >= 15 is 0 Å². The predicted molar refractivity (Wildman–Crippen MR) is 34.1 cm³/mol. The lowest BCUT2D eigenvalue weighted by atomic mass is 10.2. The van der Waals surface area contributed by atoms with Crippen LogP contribution in [0.5, 0.6) is 0 Å². The molecule has 0 amide bonds. The van der Waals surface area contributed by atoms with E-state index in [0.717, 1.165) is 0 Å². The first-order valence-electron chi connectivity index (χ1n) is 3.30. The Morgan fingerprint density at radius 3 is 3.00 bits per heavy atom. The second-order valence-electron chi connectivity index (χ2n) is 2.18. The second-order valence-corrected chi connectivity index (χ2v) is 2.18. The number of cyclic esters (lactones) is 1. The van der Waals surface area contributed by atoms with Crippen molar-refractivity contribution in [3.8, 4) is 0 Å². The monoisotopic (exact) mass is 145 g/mol. The van der Waals surface area contributed by atoms with Crippen LogP contribution in [0.4, 0.5) is 0 Å². The Kier molecular flexibility index (Phi) is 2.24. The number of esters is 1. The molecule has 1 heterocycles. The van der Waals surface area contributed by atoms with Crippen molar-refractivity contribution in [2.75, 3.05) is 6.61 Å². The van der Waals surface area contributed by atoms with Gasteiger partial charge in [0.1, 0.15) is 0 Å². The van der Waals surface area contributed by atoms with E-state index in [1.807, 2.05) is 6.92 Å². The van der Waals surface area contributed by atoms with Gasteiger partial charge in [0.25, 0.3) is 0 Å². The van der Waals surface area contributed by atoms with Crippen LogP contribution in [0.3, 0.4) is 0 Å². The van der Waals surface area contributed by atoms with Crippen LogP contribution in [0.25, 0.3) is 0 Å². The van der Waals surface area contributed by atoms with Gasteiger partial charge in [-0.2, -0.15) is 0 Å². The smallest absolute Gasteiger partial charge is 0.309 e. The summed E-state index contributed by atoms with van der Waals surface area (Å²) in [5.41, 5.74) is 5.48. The zero-order chi connectivity index (χ0) is 7.56. The maximum Gasteiger partial charge on any atom is 0.309 e. The van der Waals surface area contributed by atoms with Crippen LogP contribution in [-0.2, 0) is 14.3 Å². The van der Waals surface area contributed by atoms with Crippen LogP contribution >= 0.6 is 0 Å². The number of nitrogens with two attached hydrogens (primary N) is 1. The second kappa shape index (κ2) is 2.98. The van der Waals surface area contributed by atoms with Crippen molar-refractivity contribution < 1.29 is 14.3 Å². The van der Waals surface area contributed by atoms with E-state index in [-0.39, 0.29) is 18.4 Å². The van der Waals surface area contributed by atoms with Gasteiger partial charge in [0.2, 0.25) is 6.29 Å². The van der Waals surface area contributed by atoms with Crippen molar-refractivity contribution in [3.05, 3.63) is 0 Å². The number of carbonyl (C=O) groups excluding carboxylic acids is 1. The van der Waals surface area contributed by atoms with E-state index in [1.165, 1.54) is 0 Å². The van der Waals surface area contributed by atoms with E-state index < -0.39 is 6.29 Å². The van der Waals surface area contributed by atoms with Gasteiger partial charge < -0.3 is 15.2 Å². The minimum atomic E-state index is -0.516. The van der Waals surface area contributed by atoms with Gasteiger partial charge in [0.15, 0.2) is 0 Å². The Morgan fingerprint density at radius 1 is 1.90 bits per heavy atom. The maximum atomic E-state index is 10.6. The van der Waals surface area contributed by atoms with Crippen LogP contribution < -0.4 is 5.73 Å². The Bertz CT molecular complexity index is 137. The molecule has 10 heavy (non-hydrogen) atoms. The molecule has 2 N–H and O–H groups in total. The Balaban J connectivity index is 2.38. The lowest BCUT2D eigenvalue weighted by Gasteiger charge is -2.12. The fraction of sp³-hybridized carbons (Fsp3) is 0.833. The van der Waals surface area contributed by atoms with E-state index in [9.17, 15) is 4.79 Å². The van der Waals surface area contributed by atoms with Crippen molar-refractivity contribution in [2.24, 2.45) is 5.73 Å². The van der Waals surface area contributed by atoms with Crippen molar-refractivity contribution in [1.29, 1.82) is 0 Å². The quantitative estimate of drug-likeness (QED) is 0.538. The molecule has 1 fully saturated rings. The van der Waals surface area contributed by atoms with Gasteiger partial charge in [-0.3, -0.25) is 4.79 Å². The molecule has 0 radical (unpaired) electrons. The van der Waals surface area contributed by atoms with Gasteiger partial charge in [0, 0.05) is 6.61 Å². The maximum absolute atomic E-state index is 10.6. The summed E-state index contributed by atoms with van der Waals surface area (Å²) in [6, 6.07) is -0.285. The molecule has 1 aliphatic rings. The molecule has 1 rings (SSSR count). The average Bonchev–Trinajstić information content (AvgIpc) is 2.13. The normalized spacial score (nSPS) is 32.4. The first-order valence-corrected chi connectivity index (χ1v) is 3.30. The van der Waals surface area contributed by atoms with Gasteiger partial charge in [-0.1, -0.05) is 0 Å². The summed E-state index contributed by atoms with van der Waals surface area (Å²) in [6.45, 7) is 2.35. The van der Waals surface area contributed by atoms with E-state index in [1.54, 1.807) is 0 Å². The summed E-state index contributed by atoms with van der Waals surface area (Å²) >= 11 is 0.